The first kappa shape index (κ1) is 10.9. The Bertz CT molecular complexity index is 364. The number of rotatable bonds is 3. The molecule has 0 bridgehead atoms. The van der Waals surface area contributed by atoms with E-state index in [0.717, 1.165) is 12.8 Å². The zero-order chi connectivity index (χ0) is 11.4. The van der Waals surface area contributed by atoms with Gasteiger partial charge in [-0.1, -0.05) is 12.1 Å². The molecule has 1 aromatic rings. The first-order valence-corrected chi connectivity index (χ1v) is 5.39. The number of halogens is 1. The van der Waals surface area contributed by atoms with Crippen molar-refractivity contribution in [2.24, 2.45) is 5.29 Å². The van der Waals surface area contributed by atoms with E-state index in [1.54, 1.807) is 18.2 Å². The zero-order valence-electron chi connectivity index (χ0n) is 8.90. The van der Waals surface area contributed by atoms with Crippen LogP contribution in [0.1, 0.15) is 12.8 Å². The number of benzene rings is 1. The Labute approximate surface area is 93.4 Å². The van der Waals surface area contributed by atoms with Crippen LogP contribution in [0.4, 0.5) is 10.1 Å². The van der Waals surface area contributed by atoms with E-state index >= 15 is 0 Å². The van der Waals surface area contributed by atoms with E-state index in [1.807, 2.05) is 0 Å². The van der Waals surface area contributed by atoms with Crippen molar-refractivity contribution in [1.29, 1.82) is 0 Å². The third-order valence-electron chi connectivity index (χ3n) is 2.82. The van der Waals surface area contributed by atoms with Gasteiger partial charge < -0.3 is 5.32 Å². The molecule has 1 aliphatic heterocycles. The van der Waals surface area contributed by atoms with Gasteiger partial charge in [0.15, 0.2) is 0 Å². The summed E-state index contributed by atoms with van der Waals surface area (Å²) in [6.07, 6.45) is 1.61. The van der Waals surface area contributed by atoms with Gasteiger partial charge >= 0.3 is 0 Å². The SMILES string of the molecule is O=NN1CCC(Nc2ccccc2F)CC1. The molecule has 0 aromatic heterocycles. The number of piperidine rings is 1. The van der Waals surface area contributed by atoms with Gasteiger partial charge in [-0.05, 0) is 25.0 Å². The molecule has 16 heavy (non-hydrogen) atoms. The summed E-state index contributed by atoms with van der Waals surface area (Å²) in [5.41, 5.74) is 0.528. The summed E-state index contributed by atoms with van der Waals surface area (Å²) in [4.78, 5) is 10.3. The lowest BCUT2D eigenvalue weighted by Crippen LogP contribution is -2.36. The van der Waals surface area contributed by atoms with Gasteiger partial charge in [-0.25, -0.2) is 4.39 Å². The Morgan fingerprint density at radius 3 is 2.62 bits per heavy atom. The fourth-order valence-electron chi connectivity index (χ4n) is 1.89. The van der Waals surface area contributed by atoms with Crippen molar-refractivity contribution in [2.45, 2.75) is 18.9 Å². The van der Waals surface area contributed by atoms with Gasteiger partial charge in [0.25, 0.3) is 0 Å². The fraction of sp³-hybridized carbons (Fsp3) is 0.455. The smallest absolute Gasteiger partial charge is 0.146 e. The van der Waals surface area contributed by atoms with E-state index in [-0.39, 0.29) is 11.9 Å². The van der Waals surface area contributed by atoms with E-state index < -0.39 is 0 Å². The predicted octanol–water partition coefficient (Wildman–Crippen LogP) is 2.38. The minimum absolute atomic E-state index is 0.217. The molecule has 86 valence electrons. The molecule has 1 heterocycles. The third-order valence-corrected chi connectivity index (χ3v) is 2.82. The maximum Gasteiger partial charge on any atom is 0.146 e. The highest BCUT2D eigenvalue weighted by atomic mass is 19.1. The van der Waals surface area contributed by atoms with Gasteiger partial charge in [-0.3, -0.25) is 5.01 Å². The van der Waals surface area contributed by atoms with E-state index in [1.165, 1.54) is 11.1 Å². The molecule has 1 saturated heterocycles. The summed E-state index contributed by atoms with van der Waals surface area (Å²) >= 11 is 0. The van der Waals surface area contributed by atoms with Gasteiger partial charge in [-0.2, -0.15) is 0 Å². The van der Waals surface area contributed by atoms with Crippen molar-refractivity contribution >= 4 is 5.69 Å². The molecule has 1 aliphatic rings. The van der Waals surface area contributed by atoms with Crippen molar-refractivity contribution in [3.05, 3.63) is 35.0 Å². The summed E-state index contributed by atoms with van der Waals surface area (Å²) < 4.78 is 13.3. The van der Waals surface area contributed by atoms with Gasteiger partial charge in [-0.15, -0.1) is 4.91 Å². The lowest BCUT2D eigenvalue weighted by atomic mass is 10.1. The standard InChI is InChI=1S/C11H14FN3O/c12-10-3-1-2-4-11(10)13-9-5-7-15(14-16)8-6-9/h1-4,9,13H,5-8H2. The van der Waals surface area contributed by atoms with Crippen molar-refractivity contribution in [3.8, 4) is 0 Å². The Hall–Kier alpha value is -1.65. The maximum atomic E-state index is 13.3. The number of para-hydroxylation sites is 1. The lowest BCUT2D eigenvalue weighted by Gasteiger charge is -2.29. The molecule has 1 N–H and O–H groups in total. The number of nitrogens with zero attached hydrogens (tertiary/aromatic N) is 2. The van der Waals surface area contributed by atoms with Crippen LogP contribution in [0.15, 0.2) is 29.6 Å². The van der Waals surface area contributed by atoms with Crippen LogP contribution in [0.25, 0.3) is 0 Å². The lowest BCUT2D eigenvalue weighted by molar-refractivity contribution is 0.225. The van der Waals surface area contributed by atoms with Crippen LogP contribution in [-0.4, -0.2) is 24.1 Å². The van der Waals surface area contributed by atoms with Crippen molar-refractivity contribution < 1.29 is 4.39 Å². The quantitative estimate of drug-likeness (QED) is 0.800. The molecule has 0 atom stereocenters. The molecular formula is C11H14FN3O. The van der Waals surface area contributed by atoms with E-state index in [9.17, 15) is 9.30 Å². The summed E-state index contributed by atoms with van der Waals surface area (Å²) in [6, 6.07) is 6.84. The topological polar surface area (TPSA) is 44.7 Å². The van der Waals surface area contributed by atoms with Crippen LogP contribution in [0, 0.1) is 10.7 Å². The second-order valence-corrected chi connectivity index (χ2v) is 3.93. The number of nitrogens with one attached hydrogen (secondary N) is 1. The second-order valence-electron chi connectivity index (χ2n) is 3.93. The first-order chi connectivity index (χ1) is 7.79. The van der Waals surface area contributed by atoms with Gasteiger partial charge in [0.1, 0.15) is 5.82 Å². The number of nitroso groups, excluding NO2 is 1. The molecule has 4 nitrogen and oxygen atoms in total. The molecule has 1 fully saturated rings. The van der Waals surface area contributed by atoms with Crippen molar-refractivity contribution in [2.75, 3.05) is 18.4 Å². The van der Waals surface area contributed by atoms with Crippen molar-refractivity contribution in [3.63, 3.8) is 0 Å². The van der Waals surface area contributed by atoms with Gasteiger partial charge in [0, 0.05) is 19.1 Å². The van der Waals surface area contributed by atoms with Crippen LogP contribution in [-0.2, 0) is 0 Å². The Balaban J connectivity index is 1.92. The monoisotopic (exact) mass is 223 g/mol. The largest absolute Gasteiger partial charge is 0.380 e. The highest BCUT2D eigenvalue weighted by molar-refractivity contribution is 5.45. The number of hydrogen-bond donors (Lipinski definition) is 1. The molecule has 1 aromatic carbocycles. The van der Waals surface area contributed by atoms with Crippen LogP contribution in [0.5, 0.6) is 0 Å². The molecule has 0 saturated carbocycles. The zero-order valence-corrected chi connectivity index (χ0v) is 8.90. The molecule has 0 radical (unpaired) electrons. The predicted molar refractivity (Wildman–Crippen MR) is 60.4 cm³/mol. The first-order valence-electron chi connectivity index (χ1n) is 5.39. The van der Waals surface area contributed by atoms with Gasteiger partial charge in [0.05, 0.1) is 11.0 Å². The second kappa shape index (κ2) is 4.92. The minimum Gasteiger partial charge on any atom is -0.380 e. The van der Waals surface area contributed by atoms with E-state index in [2.05, 4.69) is 10.6 Å². The molecule has 0 amide bonds. The van der Waals surface area contributed by atoms with E-state index in [0.29, 0.717) is 18.8 Å². The normalized spacial score (nSPS) is 17.2. The minimum atomic E-state index is -0.238. The summed E-state index contributed by atoms with van der Waals surface area (Å²) in [6.45, 7) is 1.27. The Morgan fingerprint density at radius 2 is 2.00 bits per heavy atom. The third kappa shape index (κ3) is 2.48. The van der Waals surface area contributed by atoms with Crippen molar-refractivity contribution in [1.82, 2.24) is 5.01 Å². The highest BCUT2D eigenvalue weighted by Gasteiger charge is 2.19. The summed E-state index contributed by atoms with van der Waals surface area (Å²) in [7, 11) is 0. The van der Waals surface area contributed by atoms with Crippen LogP contribution >= 0.6 is 0 Å². The molecule has 0 unspecified atom stereocenters. The van der Waals surface area contributed by atoms with Crippen LogP contribution < -0.4 is 5.32 Å². The average Bonchev–Trinajstić information content (AvgIpc) is 2.33. The summed E-state index contributed by atoms with van der Waals surface area (Å²) in [5, 5.41) is 7.54. The van der Waals surface area contributed by atoms with Gasteiger partial charge in [0.2, 0.25) is 0 Å². The molecule has 0 aliphatic carbocycles. The molecular weight excluding hydrogens is 209 g/mol. The Kier molecular flexibility index (Phi) is 3.34. The highest BCUT2D eigenvalue weighted by Crippen LogP contribution is 2.18. The summed E-state index contributed by atoms with van der Waals surface area (Å²) in [5.74, 6) is -0.238. The molecule has 5 heteroatoms. The van der Waals surface area contributed by atoms with Crippen LogP contribution in [0.3, 0.4) is 0 Å². The molecule has 0 spiro atoms. The van der Waals surface area contributed by atoms with E-state index in [4.69, 9.17) is 0 Å². The Morgan fingerprint density at radius 1 is 1.31 bits per heavy atom. The van der Waals surface area contributed by atoms with Crippen LogP contribution in [0.2, 0.25) is 0 Å². The maximum absolute atomic E-state index is 13.3. The number of hydrogen-bond acceptors (Lipinski definition) is 3. The number of anilines is 1. The average molecular weight is 223 g/mol. The molecule has 2 rings (SSSR count). The fourth-order valence-corrected chi connectivity index (χ4v) is 1.89.